The highest BCUT2D eigenvalue weighted by atomic mass is 16.5. The van der Waals surface area contributed by atoms with Gasteiger partial charge in [-0.05, 0) is 132 Å². The van der Waals surface area contributed by atoms with Crippen LogP contribution in [0, 0.1) is 0 Å². The first kappa shape index (κ1) is 41.1. The molecular weight excluding hydrogens is 725 g/mol. The van der Waals surface area contributed by atoms with Gasteiger partial charge in [0, 0.05) is 12.4 Å². The van der Waals surface area contributed by atoms with E-state index in [1.165, 1.54) is 38.5 Å². The van der Waals surface area contributed by atoms with Crippen LogP contribution in [-0.4, -0.2) is 37.6 Å². The van der Waals surface area contributed by atoms with Crippen LogP contribution in [0.1, 0.15) is 97.1 Å². The van der Waals surface area contributed by atoms with Gasteiger partial charge in [0.15, 0.2) is 0 Å². The molecule has 0 fully saturated rings. The number of unbranched alkanes of at least 4 members (excludes halogenated alkanes) is 6. The molecule has 0 spiro atoms. The number of carbonyl (C=O) groups excluding carboxylic acids is 2. The topological polar surface area (TPSA) is 95.8 Å². The van der Waals surface area contributed by atoms with Gasteiger partial charge in [-0.15, -0.1) is 0 Å². The molecular formula is C50H50N2O6. The highest BCUT2D eigenvalue weighted by Gasteiger charge is 2.12. The van der Waals surface area contributed by atoms with E-state index in [4.69, 9.17) is 18.9 Å². The maximum atomic E-state index is 13.0. The lowest BCUT2D eigenvalue weighted by molar-refractivity contribution is 0.0726. The second kappa shape index (κ2) is 21.7. The molecule has 0 N–H and O–H groups in total. The molecule has 8 nitrogen and oxygen atoms in total. The van der Waals surface area contributed by atoms with Crippen LogP contribution in [0.25, 0.3) is 10.8 Å². The molecule has 0 aliphatic rings. The zero-order valence-electron chi connectivity index (χ0n) is 33.3. The lowest BCUT2D eigenvalue weighted by Gasteiger charge is -2.08. The standard InChI is InChI=1S/C50H50N2O6/c1-3-5-7-9-31-55-45-27-21-43(22-28-45)51-35-37-11-15-40(16-12-37)49(53)57-47-25-19-39-20-26-48(34-42(39)33-47)58-50(54)41-17-13-38(14-18-41)36-52-44-23-29-46(30-24-44)56-32-10-8-6-4-2/h11-30,33-36H,3-10,31-32H2,1-2H3. The molecule has 296 valence electrons. The molecule has 0 aliphatic carbocycles. The van der Waals surface area contributed by atoms with Crippen molar-refractivity contribution < 1.29 is 28.5 Å². The SMILES string of the molecule is CCCCCCOc1ccc(N=Cc2ccc(C(=O)Oc3ccc4ccc(OC(=O)c5ccc(C=Nc6ccc(OCCCCCC)cc6)cc5)cc4c3)cc2)cc1. The van der Waals surface area contributed by atoms with Crippen molar-refractivity contribution in [2.75, 3.05) is 13.2 Å². The summed E-state index contributed by atoms with van der Waals surface area (Å²) in [5.74, 6) is 1.45. The third-order valence-corrected chi connectivity index (χ3v) is 9.43. The van der Waals surface area contributed by atoms with E-state index in [0.717, 1.165) is 70.8 Å². The van der Waals surface area contributed by atoms with Gasteiger partial charge in [-0.1, -0.05) is 88.8 Å². The number of hydrogen-bond donors (Lipinski definition) is 0. The zero-order chi connectivity index (χ0) is 40.4. The van der Waals surface area contributed by atoms with Gasteiger partial charge in [0.2, 0.25) is 0 Å². The molecule has 8 heteroatoms. The van der Waals surface area contributed by atoms with Gasteiger partial charge in [0.05, 0.1) is 35.7 Å². The van der Waals surface area contributed by atoms with Gasteiger partial charge in [-0.25, -0.2) is 9.59 Å². The van der Waals surface area contributed by atoms with E-state index in [9.17, 15) is 9.59 Å². The average molecular weight is 775 g/mol. The number of esters is 2. The fourth-order valence-corrected chi connectivity index (χ4v) is 6.07. The van der Waals surface area contributed by atoms with Crippen molar-refractivity contribution in [2.24, 2.45) is 9.98 Å². The number of carbonyl (C=O) groups is 2. The summed E-state index contributed by atoms with van der Waals surface area (Å²) in [4.78, 5) is 35.1. The maximum absolute atomic E-state index is 13.0. The Hall–Kier alpha value is -6.54. The molecule has 0 saturated heterocycles. The van der Waals surface area contributed by atoms with Crippen LogP contribution in [0.3, 0.4) is 0 Å². The molecule has 0 saturated carbocycles. The molecule has 0 heterocycles. The number of hydrogen-bond acceptors (Lipinski definition) is 8. The Balaban J connectivity index is 0.981. The van der Waals surface area contributed by atoms with Crippen LogP contribution in [0.15, 0.2) is 143 Å². The quantitative estimate of drug-likeness (QED) is 0.0332. The van der Waals surface area contributed by atoms with Crippen molar-refractivity contribution in [2.45, 2.75) is 65.2 Å². The third-order valence-electron chi connectivity index (χ3n) is 9.43. The van der Waals surface area contributed by atoms with Crippen LogP contribution < -0.4 is 18.9 Å². The van der Waals surface area contributed by atoms with Crippen molar-refractivity contribution in [1.29, 1.82) is 0 Å². The minimum absolute atomic E-state index is 0.374. The van der Waals surface area contributed by atoms with Crippen LogP contribution in [0.2, 0.25) is 0 Å². The van der Waals surface area contributed by atoms with Crippen LogP contribution in [-0.2, 0) is 0 Å². The van der Waals surface area contributed by atoms with E-state index < -0.39 is 11.9 Å². The van der Waals surface area contributed by atoms with Crippen molar-refractivity contribution in [1.82, 2.24) is 0 Å². The first-order valence-electron chi connectivity index (χ1n) is 20.2. The zero-order valence-corrected chi connectivity index (χ0v) is 33.3. The Morgan fingerprint density at radius 2 is 0.845 bits per heavy atom. The summed E-state index contributed by atoms with van der Waals surface area (Å²) in [6.45, 7) is 5.83. The fourth-order valence-electron chi connectivity index (χ4n) is 6.07. The fraction of sp³-hybridized carbons (Fsp3) is 0.240. The largest absolute Gasteiger partial charge is 0.494 e. The molecule has 58 heavy (non-hydrogen) atoms. The molecule has 0 bridgehead atoms. The first-order chi connectivity index (χ1) is 28.4. The number of nitrogens with zero attached hydrogens (tertiary/aromatic N) is 2. The van der Waals surface area contributed by atoms with E-state index in [1.807, 2.05) is 84.9 Å². The van der Waals surface area contributed by atoms with Crippen LogP contribution >= 0.6 is 0 Å². The smallest absolute Gasteiger partial charge is 0.343 e. The monoisotopic (exact) mass is 774 g/mol. The van der Waals surface area contributed by atoms with Crippen LogP contribution in [0.4, 0.5) is 11.4 Å². The maximum Gasteiger partial charge on any atom is 0.343 e. The molecule has 6 aromatic rings. The molecule has 0 atom stereocenters. The van der Waals surface area contributed by atoms with Gasteiger partial charge >= 0.3 is 11.9 Å². The van der Waals surface area contributed by atoms with Gasteiger partial charge in [0.25, 0.3) is 0 Å². The van der Waals surface area contributed by atoms with E-state index in [1.54, 1.807) is 61.0 Å². The van der Waals surface area contributed by atoms with Crippen molar-refractivity contribution in [3.63, 3.8) is 0 Å². The highest BCUT2D eigenvalue weighted by molar-refractivity contribution is 5.95. The molecule has 0 aliphatic heterocycles. The Morgan fingerprint density at radius 1 is 0.448 bits per heavy atom. The summed E-state index contributed by atoms with van der Waals surface area (Å²) < 4.78 is 23.0. The van der Waals surface area contributed by atoms with Crippen molar-refractivity contribution >= 4 is 46.5 Å². The predicted molar refractivity (Wildman–Crippen MR) is 233 cm³/mol. The summed E-state index contributed by atoms with van der Waals surface area (Å²) in [6.07, 6.45) is 12.9. The van der Waals surface area contributed by atoms with Gasteiger partial charge in [-0.3, -0.25) is 9.98 Å². The summed E-state index contributed by atoms with van der Waals surface area (Å²) in [5.41, 5.74) is 4.13. The Bertz CT molecular complexity index is 2120. The Kier molecular flexibility index (Phi) is 15.4. The minimum atomic E-state index is -0.486. The first-order valence-corrected chi connectivity index (χ1v) is 20.2. The average Bonchev–Trinajstić information content (AvgIpc) is 3.26. The Labute approximate surface area is 341 Å². The molecule has 6 aromatic carbocycles. The number of aliphatic imine (C=N–C) groups is 2. The van der Waals surface area contributed by atoms with E-state index in [-0.39, 0.29) is 0 Å². The highest BCUT2D eigenvalue weighted by Crippen LogP contribution is 2.27. The second-order valence-corrected chi connectivity index (χ2v) is 14.0. The van der Waals surface area contributed by atoms with E-state index in [2.05, 4.69) is 23.8 Å². The van der Waals surface area contributed by atoms with E-state index >= 15 is 0 Å². The van der Waals surface area contributed by atoms with Gasteiger partial charge in [-0.2, -0.15) is 0 Å². The number of ether oxygens (including phenoxy) is 4. The lowest BCUT2D eigenvalue weighted by Crippen LogP contribution is -2.09. The minimum Gasteiger partial charge on any atom is -0.494 e. The molecule has 0 aromatic heterocycles. The van der Waals surface area contributed by atoms with E-state index in [0.29, 0.717) is 22.6 Å². The van der Waals surface area contributed by atoms with Crippen LogP contribution in [0.5, 0.6) is 23.0 Å². The lowest BCUT2D eigenvalue weighted by atomic mass is 10.1. The number of benzene rings is 6. The van der Waals surface area contributed by atoms with Crippen molar-refractivity contribution in [3.8, 4) is 23.0 Å². The summed E-state index contributed by atoms with van der Waals surface area (Å²) in [6, 6.07) is 40.2. The third kappa shape index (κ3) is 12.7. The van der Waals surface area contributed by atoms with Gasteiger partial charge < -0.3 is 18.9 Å². The second-order valence-electron chi connectivity index (χ2n) is 14.0. The van der Waals surface area contributed by atoms with Crippen molar-refractivity contribution in [3.05, 3.63) is 156 Å². The Morgan fingerprint density at radius 3 is 1.24 bits per heavy atom. The summed E-state index contributed by atoms with van der Waals surface area (Å²) in [7, 11) is 0. The number of fused-ring (bicyclic) bond motifs is 1. The normalized spacial score (nSPS) is 11.3. The summed E-state index contributed by atoms with van der Waals surface area (Å²) in [5, 5.41) is 1.66. The molecule has 0 radical (unpaired) electrons. The number of rotatable bonds is 20. The summed E-state index contributed by atoms with van der Waals surface area (Å²) >= 11 is 0. The van der Waals surface area contributed by atoms with Gasteiger partial charge in [0.1, 0.15) is 23.0 Å². The molecule has 0 unspecified atom stereocenters. The molecule has 6 rings (SSSR count). The molecule has 0 amide bonds. The predicted octanol–water partition coefficient (Wildman–Crippen LogP) is 12.7.